The summed E-state index contributed by atoms with van der Waals surface area (Å²) in [4.78, 5) is 22.7. The molecule has 0 unspecified atom stereocenters. The van der Waals surface area contributed by atoms with Crippen LogP contribution in [-0.4, -0.2) is 51.8 Å². The molecule has 6 nitrogen and oxygen atoms in total. The molecule has 5 rings (SSSR count). The van der Waals surface area contributed by atoms with Crippen molar-refractivity contribution in [2.45, 2.75) is 61.3 Å². The van der Waals surface area contributed by atoms with Gasteiger partial charge < -0.3 is 9.80 Å². The predicted molar refractivity (Wildman–Crippen MR) is 156 cm³/mol. The number of anilines is 1. The van der Waals surface area contributed by atoms with Gasteiger partial charge in [-0.3, -0.25) is 4.79 Å². The number of aromatic nitrogens is 3. The van der Waals surface area contributed by atoms with Crippen molar-refractivity contribution in [3.05, 3.63) is 81.2 Å². The SMILES string of the molecule is Cc1ccc(-n2nc(C)c3c(C)c(CCC(=O)N4CCN(c5cccc(C)c5C)CC4)c(C)nc32)cc1C. The van der Waals surface area contributed by atoms with Gasteiger partial charge in [0, 0.05) is 49.4 Å². The van der Waals surface area contributed by atoms with E-state index >= 15 is 0 Å². The predicted octanol–water partition coefficient (Wildman–Crippen LogP) is 5.86. The lowest BCUT2D eigenvalue weighted by molar-refractivity contribution is -0.131. The van der Waals surface area contributed by atoms with Gasteiger partial charge in [-0.2, -0.15) is 5.10 Å². The second kappa shape index (κ2) is 10.2. The maximum absolute atomic E-state index is 13.2. The number of fused-ring (bicyclic) bond motifs is 1. The van der Waals surface area contributed by atoms with Crippen molar-refractivity contribution in [3.8, 4) is 5.69 Å². The third-order valence-corrected chi connectivity index (χ3v) is 8.45. The Bertz CT molecular complexity index is 1530. The minimum Gasteiger partial charge on any atom is -0.368 e. The molecular formula is C32H39N5O. The summed E-state index contributed by atoms with van der Waals surface area (Å²) >= 11 is 0. The number of piperazine rings is 1. The highest BCUT2D eigenvalue weighted by molar-refractivity contribution is 5.85. The Labute approximate surface area is 226 Å². The largest absolute Gasteiger partial charge is 0.368 e. The lowest BCUT2D eigenvalue weighted by Gasteiger charge is -2.37. The van der Waals surface area contributed by atoms with Crippen LogP contribution in [0.1, 0.15) is 51.2 Å². The number of benzene rings is 2. The van der Waals surface area contributed by atoms with E-state index in [-0.39, 0.29) is 5.91 Å². The Morgan fingerprint density at radius 1 is 0.816 bits per heavy atom. The van der Waals surface area contributed by atoms with Crippen LogP contribution in [0.5, 0.6) is 0 Å². The first-order valence-electron chi connectivity index (χ1n) is 13.7. The molecule has 1 aliphatic heterocycles. The van der Waals surface area contributed by atoms with E-state index in [2.05, 4.69) is 82.8 Å². The highest BCUT2D eigenvalue weighted by Crippen LogP contribution is 2.29. The molecule has 1 aliphatic rings. The third kappa shape index (κ3) is 4.68. The maximum atomic E-state index is 13.2. The van der Waals surface area contributed by atoms with Gasteiger partial charge in [0.2, 0.25) is 5.91 Å². The first kappa shape index (κ1) is 26.0. The highest BCUT2D eigenvalue weighted by atomic mass is 16.2. The molecule has 2 aromatic carbocycles. The number of carbonyl (C=O) groups excluding carboxylic acids is 1. The van der Waals surface area contributed by atoms with Gasteiger partial charge in [-0.25, -0.2) is 9.67 Å². The third-order valence-electron chi connectivity index (χ3n) is 8.45. The van der Waals surface area contributed by atoms with Crippen molar-refractivity contribution < 1.29 is 4.79 Å². The van der Waals surface area contributed by atoms with Crippen molar-refractivity contribution >= 4 is 22.6 Å². The molecule has 2 aromatic heterocycles. The van der Waals surface area contributed by atoms with Gasteiger partial charge >= 0.3 is 0 Å². The summed E-state index contributed by atoms with van der Waals surface area (Å²) in [7, 11) is 0. The number of nitrogens with zero attached hydrogens (tertiary/aromatic N) is 5. The lowest BCUT2D eigenvalue weighted by Crippen LogP contribution is -2.49. The van der Waals surface area contributed by atoms with Crippen LogP contribution >= 0.6 is 0 Å². The Morgan fingerprint density at radius 2 is 1.55 bits per heavy atom. The van der Waals surface area contributed by atoms with E-state index in [0.717, 1.165) is 54.3 Å². The van der Waals surface area contributed by atoms with Gasteiger partial charge in [-0.05, 0) is 106 Å². The van der Waals surface area contributed by atoms with E-state index in [1.807, 2.05) is 16.5 Å². The zero-order valence-electron chi connectivity index (χ0n) is 23.9. The summed E-state index contributed by atoms with van der Waals surface area (Å²) in [5.74, 6) is 0.229. The number of hydrogen-bond acceptors (Lipinski definition) is 4. The van der Waals surface area contributed by atoms with Crippen molar-refractivity contribution in [2.75, 3.05) is 31.1 Å². The van der Waals surface area contributed by atoms with Crippen molar-refractivity contribution in [1.82, 2.24) is 19.7 Å². The molecule has 0 spiro atoms. The van der Waals surface area contributed by atoms with Crippen LogP contribution in [0.3, 0.4) is 0 Å². The van der Waals surface area contributed by atoms with Crippen LogP contribution < -0.4 is 4.90 Å². The molecule has 0 saturated carbocycles. The average molecular weight is 510 g/mol. The molecule has 1 saturated heterocycles. The minimum atomic E-state index is 0.229. The molecule has 0 N–H and O–H groups in total. The summed E-state index contributed by atoms with van der Waals surface area (Å²) in [6, 6.07) is 12.9. The van der Waals surface area contributed by atoms with Gasteiger partial charge in [0.05, 0.1) is 11.4 Å². The number of hydrogen-bond donors (Lipinski definition) is 0. The van der Waals surface area contributed by atoms with Crippen LogP contribution in [0.4, 0.5) is 5.69 Å². The van der Waals surface area contributed by atoms with Gasteiger partial charge in [0.15, 0.2) is 5.65 Å². The van der Waals surface area contributed by atoms with Crippen LogP contribution in [0.15, 0.2) is 36.4 Å². The topological polar surface area (TPSA) is 54.3 Å². The Morgan fingerprint density at radius 3 is 2.26 bits per heavy atom. The van der Waals surface area contributed by atoms with E-state index in [1.54, 1.807) is 0 Å². The van der Waals surface area contributed by atoms with E-state index in [1.165, 1.54) is 39.1 Å². The zero-order chi connectivity index (χ0) is 27.1. The quantitative estimate of drug-likeness (QED) is 0.338. The summed E-state index contributed by atoms with van der Waals surface area (Å²) in [6.45, 7) is 18.1. The van der Waals surface area contributed by atoms with Crippen LogP contribution in [0, 0.1) is 48.5 Å². The number of rotatable bonds is 5. The number of aryl methyl sites for hydroxylation is 6. The molecule has 0 radical (unpaired) electrons. The lowest BCUT2D eigenvalue weighted by atomic mass is 9.99. The highest BCUT2D eigenvalue weighted by Gasteiger charge is 2.23. The molecule has 0 bridgehead atoms. The first-order valence-corrected chi connectivity index (χ1v) is 13.7. The normalized spacial score (nSPS) is 14.0. The molecule has 0 atom stereocenters. The molecule has 4 aromatic rings. The summed E-state index contributed by atoms with van der Waals surface area (Å²) in [6.07, 6.45) is 1.20. The monoisotopic (exact) mass is 509 g/mol. The van der Waals surface area contributed by atoms with Crippen molar-refractivity contribution in [1.29, 1.82) is 0 Å². The van der Waals surface area contributed by atoms with Crippen molar-refractivity contribution in [2.24, 2.45) is 0 Å². The zero-order valence-corrected chi connectivity index (χ0v) is 23.9. The molecule has 198 valence electrons. The van der Waals surface area contributed by atoms with Crippen LogP contribution in [-0.2, 0) is 11.2 Å². The van der Waals surface area contributed by atoms with Crippen molar-refractivity contribution in [3.63, 3.8) is 0 Å². The van der Waals surface area contributed by atoms with E-state index in [9.17, 15) is 4.79 Å². The maximum Gasteiger partial charge on any atom is 0.223 e. The Balaban J connectivity index is 1.30. The van der Waals surface area contributed by atoms with Crippen LogP contribution in [0.2, 0.25) is 0 Å². The fourth-order valence-corrected chi connectivity index (χ4v) is 5.78. The molecule has 1 fully saturated rings. The van der Waals surface area contributed by atoms with E-state index < -0.39 is 0 Å². The number of pyridine rings is 1. The standard InChI is InChI=1S/C32H39N5O/c1-20-11-12-27(19-22(20)3)37-32-31(26(7)34-37)24(5)28(25(6)33-32)13-14-30(38)36-17-15-35(16-18-36)29-10-8-9-21(2)23(29)4/h8-12,19H,13-18H2,1-7H3. The molecule has 6 heteroatoms. The van der Waals surface area contributed by atoms with Gasteiger partial charge in [-0.1, -0.05) is 18.2 Å². The fourth-order valence-electron chi connectivity index (χ4n) is 5.78. The summed E-state index contributed by atoms with van der Waals surface area (Å²) in [5, 5.41) is 5.96. The molecule has 3 heterocycles. The second-order valence-electron chi connectivity index (χ2n) is 10.9. The van der Waals surface area contributed by atoms with Gasteiger partial charge in [0.1, 0.15) is 0 Å². The second-order valence-corrected chi connectivity index (χ2v) is 10.9. The fraction of sp³-hybridized carbons (Fsp3) is 0.406. The van der Waals surface area contributed by atoms with E-state index in [4.69, 9.17) is 10.1 Å². The summed E-state index contributed by atoms with van der Waals surface area (Å²) in [5.41, 5.74) is 12.7. The first-order chi connectivity index (χ1) is 18.2. The van der Waals surface area contributed by atoms with Gasteiger partial charge in [-0.15, -0.1) is 0 Å². The molecule has 1 amide bonds. The number of amides is 1. The average Bonchev–Trinajstić information content (AvgIpc) is 3.23. The minimum absolute atomic E-state index is 0.229. The molecular weight excluding hydrogens is 470 g/mol. The smallest absolute Gasteiger partial charge is 0.223 e. The molecule has 38 heavy (non-hydrogen) atoms. The van der Waals surface area contributed by atoms with E-state index in [0.29, 0.717) is 12.8 Å². The van der Waals surface area contributed by atoms with Crippen LogP contribution in [0.25, 0.3) is 16.7 Å². The summed E-state index contributed by atoms with van der Waals surface area (Å²) < 4.78 is 1.96. The molecule has 0 aliphatic carbocycles. The Hall–Kier alpha value is -3.67. The Kier molecular flexibility index (Phi) is 6.99. The van der Waals surface area contributed by atoms with Gasteiger partial charge in [0.25, 0.3) is 0 Å². The number of carbonyl (C=O) groups is 1.